The molecule has 10 heteroatoms. The Balaban J connectivity index is 2.15. The molecule has 114 valence electrons. The van der Waals surface area contributed by atoms with Crippen molar-refractivity contribution in [3.05, 3.63) is 0 Å². The molecule has 4 nitrogen and oxygen atoms in total. The third-order valence-electron chi connectivity index (χ3n) is 3.13. The van der Waals surface area contributed by atoms with Crippen LogP contribution in [0.4, 0.5) is 0 Å². The highest BCUT2D eigenvalue weighted by Gasteiger charge is 2.64. The van der Waals surface area contributed by atoms with Crippen LogP contribution in [0.3, 0.4) is 0 Å². The molecule has 0 aliphatic carbocycles. The first-order valence-electron chi connectivity index (χ1n) is 5.54. The molecule has 4 atom stereocenters. The number of halogens is 5. The van der Waals surface area contributed by atoms with Crippen LogP contribution in [0, 0.1) is 0 Å². The zero-order valence-corrected chi connectivity index (χ0v) is 15.5. The van der Waals surface area contributed by atoms with Crippen molar-refractivity contribution < 1.29 is 14.3 Å². The minimum Gasteiger partial charge on any atom is -0.460 e. The van der Waals surface area contributed by atoms with Crippen LogP contribution in [0.2, 0.25) is 0 Å². The Kier molecular flexibility index (Phi) is 5.06. The van der Waals surface area contributed by atoms with Gasteiger partial charge in [0.2, 0.25) is 9.70 Å². The molecular weight excluding hydrogens is 436 g/mol. The summed E-state index contributed by atoms with van der Waals surface area (Å²) < 4.78 is 2.69. The molecule has 2 aliphatic heterocycles. The molecule has 0 spiro atoms. The number of carbonyl (C=O) groups is 2. The predicted octanol–water partition coefficient (Wildman–Crippen LogP) is 2.94. The van der Waals surface area contributed by atoms with E-state index in [1.54, 1.807) is 0 Å². The first-order chi connectivity index (χ1) is 9.10. The molecule has 2 rings (SSSR count). The van der Waals surface area contributed by atoms with Crippen molar-refractivity contribution >= 4 is 86.0 Å². The van der Waals surface area contributed by atoms with Crippen LogP contribution in [0.5, 0.6) is 0 Å². The molecule has 0 aromatic carbocycles. The van der Waals surface area contributed by atoms with Crippen LogP contribution in [0.15, 0.2) is 0 Å². The lowest BCUT2D eigenvalue weighted by Gasteiger charge is -2.41. The Morgan fingerprint density at radius 1 is 1.55 bits per heavy atom. The van der Waals surface area contributed by atoms with Gasteiger partial charge in [0.05, 0.1) is 4.75 Å². The zero-order valence-electron chi connectivity index (χ0n) is 10.1. The lowest BCUT2D eigenvalue weighted by Crippen LogP contribution is -2.64. The van der Waals surface area contributed by atoms with E-state index < -0.39 is 20.6 Å². The van der Waals surface area contributed by atoms with Gasteiger partial charge in [-0.05, 0) is 6.92 Å². The molecule has 2 fully saturated rings. The lowest BCUT2D eigenvalue weighted by atomic mass is 9.98. The van der Waals surface area contributed by atoms with Crippen molar-refractivity contribution in [1.82, 2.24) is 4.90 Å². The number of hydrogen-bond acceptors (Lipinski definition) is 4. The number of esters is 1. The summed E-state index contributed by atoms with van der Waals surface area (Å²) in [6, 6.07) is -0.774. The number of carbonyl (C=O) groups excluding carboxylic acids is 2. The molecule has 2 saturated heterocycles. The van der Waals surface area contributed by atoms with Crippen molar-refractivity contribution in [3.63, 3.8) is 0 Å². The van der Waals surface area contributed by atoms with Crippen LogP contribution in [-0.4, -0.2) is 54.0 Å². The van der Waals surface area contributed by atoms with E-state index in [2.05, 4.69) is 15.9 Å². The van der Waals surface area contributed by atoms with E-state index in [4.69, 9.17) is 51.1 Å². The van der Waals surface area contributed by atoms with Crippen molar-refractivity contribution in [2.75, 3.05) is 12.5 Å². The molecule has 0 saturated carbocycles. The van der Waals surface area contributed by atoms with E-state index in [0.717, 1.165) is 0 Å². The number of fused-ring (bicyclic) bond motifs is 1. The van der Waals surface area contributed by atoms with Crippen LogP contribution in [-0.2, 0) is 14.3 Å². The Hall–Kier alpha value is 0.930. The fraction of sp³-hybridized carbons (Fsp3) is 0.800. The average molecular weight is 446 g/mol. The Morgan fingerprint density at radius 2 is 2.15 bits per heavy atom. The van der Waals surface area contributed by atoms with Gasteiger partial charge in [-0.25, -0.2) is 4.79 Å². The van der Waals surface area contributed by atoms with Gasteiger partial charge in [-0.1, -0.05) is 50.7 Å². The first kappa shape index (κ1) is 17.3. The number of thioether (sulfide) groups is 1. The van der Waals surface area contributed by atoms with Gasteiger partial charge in [-0.3, -0.25) is 4.79 Å². The number of amides is 1. The standard InChI is InChI=1S/C10H10BrCl4NO3S/c1-9(2-12)5(8(18)19-3-10(13,14)15)16-6(17)4(11)7(16)20-9/h4-5,7H,2-3H2,1H3. The molecule has 0 bridgehead atoms. The van der Waals surface area contributed by atoms with Gasteiger partial charge < -0.3 is 9.64 Å². The minimum absolute atomic E-state index is 0.128. The number of β-lactam (4-membered cyclic amide) rings is 1. The van der Waals surface area contributed by atoms with Crippen LogP contribution in [0.25, 0.3) is 0 Å². The number of hydrogen-bond donors (Lipinski definition) is 0. The Bertz CT molecular complexity index is 449. The van der Waals surface area contributed by atoms with Gasteiger partial charge in [-0.2, -0.15) is 0 Å². The molecule has 0 aromatic rings. The van der Waals surface area contributed by atoms with Gasteiger partial charge in [0, 0.05) is 5.88 Å². The van der Waals surface area contributed by atoms with Crippen molar-refractivity contribution in [3.8, 4) is 0 Å². The van der Waals surface area contributed by atoms with Gasteiger partial charge in [0.1, 0.15) is 22.8 Å². The van der Waals surface area contributed by atoms with E-state index >= 15 is 0 Å². The average Bonchev–Trinajstić information content (AvgIpc) is 2.66. The third kappa shape index (κ3) is 3.01. The maximum absolute atomic E-state index is 12.2. The highest BCUT2D eigenvalue weighted by molar-refractivity contribution is 9.10. The lowest BCUT2D eigenvalue weighted by molar-refractivity contribution is -0.160. The summed E-state index contributed by atoms with van der Waals surface area (Å²) in [7, 11) is 0. The second-order valence-electron chi connectivity index (χ2n) is 4.73. The maximum atomic E-state index is 12.2. The number of ether oxygens (including phenoxy) is 1. The molecule has 0 N–H and O–H groups in total. The second-order valence-corrected chi connectivity index (χ2v) is 10.1. The summed E-state index contributed by atoms with van der Waals surface area (Å²) in [5.41, 5.74) is 0. The highest BCUT2D eigenvalue weighted by atomic mass is 79.9. The van der Waals surface area contributed by atoms with Crippen molar-refractivity contribution in [2.24, 2.45) is 0 Å². The SMILES string of the molecule is CC1(CCl)SC2C(Br)C(=O)N2C1C(=O)OCC(Cl)(Cl)Cl. The topological polar surface area (TPSA) is 46.6 Å². The van der Waals surface area contributed by atoms with Crippen LogP contribution >= 0.6 is 74.1 Å². The summed E-state index contributed by atoms with van der Waals surface area (Å²) in [6.45, 7) is 1.44. The summed E-state index contributed by atoms with van der Waals surface area (Å²) in [5.74, 6) is -0.569. The summed E-state index contributed by atoms with van der Waals surface area (Å²) in [6.07, 6.45) is 0. The zero-order chi connectivity index (χ0) is 15.3. The fourth-order valence-electron chi connectivity index (χ4n) is 2.17. The molecule has 2 heterocycles. The summed E-state index contributed by atoms with van der Waals surface area (Å²) in [4.78, 5) is 25.3. The van der Waals surface area contributed by atoms with E-state index in [-0.39, 0.29) is 28.6 Å². The first-order valence-corrected chi connectivity index (χ1v) is 9.00. The minimum atomic E-state index is -1.69. The quantitative estimate of drug-likeness (QED) is 0.380. The van der Waals surface area contributed by atoms with Gasteiger partial charge in [-0.15, -0.1) is 23.4 Å². The molecule has 0 radical (unpaired) electrons. The predicted molar refractivity (Wildman–Crippen MR) is 85.1 cm³/mol. The van der Waals surface area contributed by atoms with E-state index in [0.29, 0.717) is 0 Å². The third-order valence-corrected chi connectivity index (χ3v) is 7.06. The largest absolute Gasteiger partial charge is 0.460 e. The fourth-order valence-corrected chi connectivity index (χ4v) is 5.02. The van der Waals surface area contributed by atoms with E-state index in [9.17, 15) is 9.59 Å². The molecular formula is C10H10BrCl4NO3S. The summed E-state index contributed by atoms with van der Waals surface area (Å²) in [5, 5.41) is -0.128. The molecule has 4 unspecified atom stereocenters. The number of alkyl halides is 5. The number of rotatable bonds is 3. The highest BCUT2D eigenvalue weighted by Crippen LogP contribution is 2.53. The van der Waals surface area contributed by atoms with Gasteiger partial charge in [0.25, 0.3) is 0 Å². The normalized spacial score (nSPS) is 36.6. The van der Waals surface area contributed by atoms with Crippen molar-refractivity contribution in [1.29, 1.82) is 0 Å². The molecule has 0 aromatic heterocycles. The van der Waals surface area contributed by atoms with Crippen LogP contribution < -0.4 is 0 Å². The van der Waals surface area contributed by atoms with Crippen LogP contribution in [0.1, 0.15) is 6.92 Å². The smallest absolute Gasteiger partial charge is 0.330 e. The van der Waals surface area contributed by atoms with Crippen molar-refractivity contribution in [2.45, 2.75) is 31.7 Å². The van der Waals surface area contributed by atoms with E-state index in [1.165, 1.54) is 16.7 Å². The Labute approximate surface area is 148 Å². The monoisotopic (exact) mass is 443 g/mol. The van der Waals surface area contributed by atoms with Gasteiger partial charge in [0.15, 0.2) is 0 Å². The van der Waals surface area contributed by atoms with E-state index in [1.807, 2.05) is 6.92 Å². The van der Waals surface area contributed by atoms with Gasteiger partial charge >= 0.3 is 5.97 Å². The maximum Gasteiger partial charge on any atom is 0.330 e. The number of nitrogens with zero attached hydrogens (tertiary/aromatic N) is 1. The molecule has 1 amide bonds. The molecule has 20 heavy (non-hydrogen) atoms. The Morgan fingerprint density at radius 3 is 2.65 bits per heavy atom. The molecule has 2 aliphatic rings. The second kappa shape index (κ2) is 5.85. The summed E-state index contributed by atoms with van der Waals surface area (Å²) >= 11 is 27.4.